The number of amides is 1. The minimum atomic E-state index is -1.37. The van der Waals surface area contributed by atoms with Gasteiger partial charge in [0.15, 0.2) is 6.17 Å². The molecular formula is C18H21F2N7O2. The van der Waals surface area contributed by atoms with Crippen molar-refractivity contribution in [1.29, 1.82) is 0 Å². The maximum atomic E-state index is 14.1. The van der Waals surface area contributed by atoms with E-state index in [0.29, 0.717) is 5.56 Å². The summed E-state index contributed by atoms with van der Waals surface area (Å²) in [5.74, 6) is -2.45. The summed E-state index contributed by atoms with van der Waals surface area (Å²) in [5.41, 5.74) is 6.54. The molecule has 3 rings (SSSR count). The van der Waals surface area contributed by atoms with Crippen LogP contribution in [0.1, 0.15) is 0 Å². The number of halogens is 2. The van der Waals surface area contributed by atoms with Crippen LogP contribution in [0.4, 0.5) is 14.5 Å². The maximum Gasteiger partial charge on any atom is 0.234 e. The molecule has 1 aliphatic heterocycles. The van der Waals surface area contributed by atoms with Crippen molar-refractivity contribution in [2.75, 3.05) is 25.5 Å². The first-order valence-electron chi connectivity index (χ1n) is 8.94. The van der Waals surface area contributed by atoms with Crippen LogP contribution in [-0.2, 0) is 4.79 Å². The minimum absolute atomic E-state index is 0.0173. The number of hydrogen-bond acceptors (Lipinski definition) is 8. The first-order valence-corrected chi connectivity index (χ1v) is 8.94. The highest BCUT2D eigenvalue weighted by atomic mass is 19.1. The van der Waals surface area contributed by atoms with Gasteiger partial charge in [-0.1, -0.05) is 5.18 Å². The second kappa shape index (κ2) is 9.07. The van der Waals surface area contributed by atoms with Crippen molar-refractivity contribution in [3.8, 4) is 11.1 Å². The molecule has 4 N–H and O–H groups in total. The number of pyridine rings is 2. The van der Waals surface area contributed by atoms with Crippen molar-refractivity contribution in [1.82, 2.24) is 20.2 Å². The molecule has 0 bridgehead atoms. The number of nitrogens with one attached hydrogen (secondary N) is 2. The summed E-state index contributed by atoms with van der Waals surface area (Å²) < 4.78 is 27.7. The van der Waals surface area contributed by atoms with Gasteiger partial charge in [0.25, 0.3) is 0 Å². The first kappa shape index (κ1) is 20.8. The first-order chi connectivity index (χ1) is 13.9. The molecule has 4 unspecified atom stereocenters. The Morgan fingerprint density at radius 3 is 2.90 bits per heavy atom. The van der Waals surface area contributed by atoms with Crippen LogP contribution < -0.4 is 16.4 Å². The lowest BCUT2D eigenvalue weighted by Crippen LogP contribution is -2.62. The van der Waals surface area contributed by atoms with Gasteiger partial charge in [-0.15, -0.1) is 4.91 Å². The van der Waals surface area contributed by atoms with Gasteiger partial charge in [0.2, 0.25) is 11.9 Å². The van der Waals surface area contributed by atoms with Gasteiger partial charge in [-0.3, -0.25) is 20.0 Å². The van der Waals surface area contributed by atoms with Gasteiger partial charge in [0.05, 0.1) is 18.1 Å². The smallest absolute Gasteiger partial charge is 0.234 e. The number of hydrogen-bond donors (Lipinski definition) is 3. The summed E-state index contributed by atoms with van der Waals surface area (Å²) in [7, 11) is 1.61. The molecule has 9 nitrogen and oxygen atoms in total. The van der Waals surface area contributed by atoms with E-state index >= 15 is 0 Å². The van der Waals surface area contributed by atoms with E-state index in [1.165, 1.54) is 30.7 Å². The topological polar surface area (TPSA) is 126 Å². The number of nitroso groups, excluding NO2 is 1. The maximum absolute atomic E-state index is 14.1. The third-order valence-electron chi connectivity index (χ3n) is 4.77. The average Bonchev–Trinajstić information content (AvgIpc) is 2.70. The third kappa shape index (κ3) is 4.58. The SMILES string of the molecule is CN1CC(F)CNC1C(C(=O)Nc1cnccc1-c1cccnc1F)C(N)N=O. The molecule has 1 fully saturated rings. The fourth-order valence-corrected chi connectivity index (χ4v) is 3.38. The lowest BCUT2D eigenvalue weighted by molar-refractivity contribution is -0.124. The van der Waals surface area contributed by atoms with Crippen molar-refractivity contribution in [2.24, 2.45) is 16.8 Å². The molecular weight excluding hydrogens is 384 g/mol. The standard InChI is InChI=1S/C18H21F2N7O2/c1-27-9-10(19)7-24-17(27)14(16(21)26-29)18(28)25-13-8-22-6-4-11(13)12-3-2-5-23-15(12)20/h2-6,8,10,14,16-17,24H,7,9,21H2,1H3,(H,25,28). The molecule has 1 aliphatic rings. The Kier molecular flexibility index (Phi) is 6.52. The van der Waals surface area contributed by atoms with Crippen LogP contribution in [0.15, 0.2) is 42.0 Å². The number of nitrogens with zero attached hydrogens (tertiary/aromatic N) is 4. The Bertz CT molecular complexity index is 885. The van der Waals surface area contributed by atoms with Gasteiger partial charge >= 0.3 is 0 Å². The van der Waals surface area contributed by atoms with Crippen molar-refractivity contribution in [3.05, 3.63) is 47.6 Å². The molecule has 1 amide bonds. The highest BCUT2D eigenvalue weighted by Crippen LogP contribution is 2.29. The van der Waals surface area contributed by atoms with E-state index in [1.807, 2.05) is 0 Å². The van der Waals surface area contributed by atoms with Gasteiger partial charge in [0.1, 0.15) is 12.1 Å². The summed E-state index contributed by atoms with van der Waals surface area (Å²) in [6.07, 6.45) is 0.925. The van der Waals surface area contributed by atoms with Crippen LogP contribution in [0, 0.1) is 16.8 Å². The molecule has 0 radical (unpaired) electrons. The van der Waals surface area contributed by atoms with Crippen LogP contribution >= 0.6 is 0 Å². The highest BCUT2D eigenvalue weighted by Gasteiger charge is 2.40. The van der Waals surface area contributed by atoms with E-state index in [-0.39, 0.29) is 24.3 Å². The second-order valence-corrected chi connectivity index (χ2v) is 6.76. The fourth-order valence-electron chi connectivity index (χ4n) is 3.38. The van der Waals surface area contributed by atoms with Crippen molar-refractivity contribution >= 4 is 11.6 Å². The molecule has 3 heterocycles. The number of aromatic nitrogens is 2. The van der Waals surface area contributed by atoms with Crippen LogP contribution in [-0.4, -0.2) is 59.4 Å². The average molecular weight is 405 g/mol. The summed E-state index contributed by atoms with van der Waals surface area (Å²) in [6.45, 7) is 0.0927. The molecule has 0 saturated carbocycles. The van der Waals surface area contributed by atoms with Crippen LogP contribution in [0.2, 0.25) is 0 Å². The van der Waals surface area contributed by atoms with Gasteiger partial charge in [-0.2, -0.15) is 4.39 Å². The second-order valence-electron chi connectivity index (χ2n) is 6.76. The zero-order chi connectivity index (χ0) is 21.0. The zero-order valence-corrected chi connectivity index (χ0v) is 15.6. The lowest BCUT2D eigenvalue weighted by Gasteiger charge is -2.39. The number of nitrogens with two attached hydrogens (primary N) is 1. The molecule has 1 saturated heterocycles. The number of carbonyl (C=O) groups excluding carboxylic acids is 1. The Hall–Kier alpha value is -2.89. The molecule has 29 heavy (non-hydrogen) atoms. The van der Waals surface area contributed by atoms with Crippen LogP contribution in [0.25, 0.3) is 11.1 Å². The lowest BCUT2D eigenvalue weighted by atomic mass is 9.98. The molecule has 154 valence electrons. The monoisotopic (exact) mass is 405 g/mol. The van der Waals surface area contributed by atoms with Gasteiger partial charge < -0.3 is 11.1 Å². The Morgan fingerprint density at radius 2 is 2.21 bits per heavy atom. The molecule has 0 aliphatic carbocycles. The van der Waals surface area contributed by atoms with E-state index in [4.69, 9.17) is 5.73 Å². The molecule has 0 aromatic carbocycles. The van der Waals surface area contributed by atoms with Gasteiger partial charge in [0, 0.05) is 36.6 Å². The number of carbonyl (C=O) groups is 1. The summed E-state index contributed by atoms with van der Waals surface area (Å²) in [4.78, 5) is 33.3. The minimum Gasteiger partial charge on any atom is -0.324 e. The number of anilines is 1. The van der Waals surface area contributed by atoms with Crippen molar-refractivity contribution in [2.45, 2.75) is 18.5 Å². The summed E-state index contributed by atoms with van der Waals surface area (Å²) in [6, 6.07) is 4.61. The van der Waals surface area contributed by atoms with Crippen LogP contribution in [0.3, 0.4) is 0 Å². The van der Waals surface area contributed by atoms with E-state index in [2.05, 4.69) is 25.8 Å². The molecule has 0 spiro atoms. The number of alkyl halides is 1. The predicted molar refractivity (Wildman–Crippen MR) is 103 cm³/mol. The zero-order valence-electron chi connectivity index (χ0n) is 15.6. The fraction of sp³-hybridized carbons (Fsp3) is 0.389. The molecule has 11 heteroatoms. The van der Waals surface area contributed by atoms with Crippen molar-refractivity contribution in [3.63, 3.8) is 0 Å². The quantitative estimate of drug-likeness (QED) is 0.485. The van der Waals surface area contributed by atoms with Gasteiger partial charge in [-0.05, 0) is 25.2 Å². The van der Waals surface area contributed by atoms with Crippen molar-refractivity contribution < 1.29 is 13.6 Å². The molecule has 4 atom stereocenters. The Labute approximate surface area is 165 Å². The molecule has 2 aromatic heterocycles. The normalized spacial score (nSPS) is 21.9. The van der Waals surface area contributed by atoms with Gasteiger partial charge in [-0.25, -0.2) is 9.37 Å². The van der Waals surface area contributed by atoms with E-state index in [0.717, 1.165) is 0 Å². The van der Waals surface area contributed by atoms with Crippen LogP contribution in [0.5, 0.6) is 0 Å². The molecule has 2 aromatic rings. The highest BCUT2D eigenvalue weighted by molar-refractivity contribution is 5.97. The van der Waals surface area contributed by atoms with E-state index in [9.17, 15) is 18.5 Å². The number of rotatable bonds is 6. The van der Waals surface area contributed by atoms with E-state index in [1.54, 1.807) is 18.0 Å². The Morgan fingerprint density at radius 1 is 1.41 bits per heavy atom. The predicted octanol–water partition coefficient (Wildman–Crippen LogP) is 1.09. The largest absolute Gasteiger partial charge is 0.324 e. The van der Waals surface area contributed by atoms with E-state index < -0.39 is 36.3 Å². The summed E-state index contributed by atoms with van der Waals surface area (Å²) >= 11 is 0. The summed E-state index contributed by atoms with van der Waals surface area (Å²) in [5, 5.41) is 8.32. The Balaban J connectivity index is 1.89. The third-order valence-corrected chi connectivity index (χ3v) is 4.77.